The molecule has 162 valence electrons. The second-order valence-electron chi connectivity index (χ2n) is 8.02. The highest BCUT2D eigenvalue weighted by molar-refractivity contribution is 5.90. The lowest BCUT2D eigenvalue weighted by Gasteiger charge is -2.26. The van der Waals surface area contributed by atoms with E-state index in [0.29, 0.717) is 16.6 Å². The van der Waals surface area contributed by atoms with E-state index in [-0.39, 0.29) is 11.9 Å². The van der Waals surface area contributed by atoms with Crippen LogP contribution in [0, 0.1) is 5.82 Å². The van der Waals surface area contributed by atoms with Crippen LogP contribution in [-0.4, -0.2) is 32.9 Å². The summed E-state index contributed by atoms with van der Waals surface area (Å²) in [5.41, 5.74) is 1.90. The van der Waals surface area contributed by atoms with Gasteiger partial charge in [0.2, 0.25) is 11.8 Å². The fourth-order valence-corrected chi connectivity index (χ4v) is 3.90. The lowest BCUT2D eigenvalue weighted by atomic mass is 9.95. The minimum Gasteiger partial charge on any atom is -0.351 e. The van der Waals surface area contributed by atoms with Crippen molar-refractivity contribution in [2.24, 2.45) is 0 Å². The second-order valence-corrected chi connectivity index (χ2v) is 8.02. The monoisotopic (exact) mass is 423 g/mol. The van der Waals surface area contributed by atoms with Gasteiger partial charge in [-0.25, -0.2) is 4.39 Å². The third-order valence-electron chi connectivity index (χ3n) is 5.73. The van der Waals surface area contributed by atoms with E-state index >= 15 is 0 Å². The van der Waals surface area contributed by atoms with E-state index in [9.17, 15) is 14.0 Å². The van der Waals surface area contributed by atoms with Crippen LogP contribution in [0.25, 0.3) is 11.0 Å². The van der Waals surface area contributed by atoms with Crippen LogP contribution < -0.4 is 10.6 Å². The Labute approximate surface area is 180 Å². The second kappa shape index (κ2) is 9.24. The fraction of sp³-hybridized carbons (Fsp3) is 0.391. The van der Waals surface area contributed by atoms with Gasteiger partial charge < -0.3 is 10.6 Å². The maximum Gasteiger partial charge on any atom is 0.247 e. The number of benzene rings is 2. The van der Waals surface area contributed by atoms with Crippen molar-refractivity contribution in [1.29, 1.82) is 0 Å². The molecule has 1 aromatic heterocycles. The highest BCUT2D eigenvalue weighted by Crippen LogP contribution is 2.21. The highest BCUT2D eigenvalue weighted by Gasteiger charge is 2.28. The molecule has 2 amide bonds. The lowest BCUT2D eigenvalue weighted by Crippen LogP contribution is -2.46. The summed E-state index contributed by atoms with van der Waals surface area (Å²) in [5.74, 6) is -1.09. The van der Waals surface area contributed by atoms with Gasteiger partial charge in [-0.05, 0) is 49.6 Å². The average molecular weight is 423 g/mol. The van der Waals surface area contributed by atoms with Crippen LogP contribution in [0.4, 0.5) is 4.39 Å². The minimum absolute atomic E-state index is 0.0941. The van der Waals surface area contributed by atoms with Crippen LogP contribution in [0.2, 0.25) is 0 Å². The summed E-state index contributed by atoms with van der Waals surface area (Å²) in [5, 5.41) is 14.6. The topological polar surface area (TPSA) is 88.9 Å². The van der Waals surface area contributed by atoms with Gasteiger partial charge >= 0.3 is 0 Å². The van der Waals surface area contributed by atoms with Gasteiger partial charge in [0, 0.05) is 6.04 Å². The van der Waals surface area contributed by atoms with Gasteiger partial charge in [-0.3, -0.25) is 9.59 Å². The van der Waals surface area contributed by atoms with Crippen molar-refractivity contribution in [1.82, 2.24) is 25.6 Å². The Bertz CT molecular complexity index is 1030. The standard InChI is InChI=1S/C23H26FN5O2/c1-15(29-27-19-9-5-6-10-20(19)28-29)22(30)26-21(16-11-13-17(24)14-12-16)23(31)25-18-7-3-2-4-8-18/h5-6,9-15,18,21H,2-4,7-8H2,1H3,(H,25,31)(H,26,30)/t15-,21+/m0/s1. The molecule has 0 saturated heterocycles. The van der Waals surface area contributed by atoms with E-state index in [1.165, 1.54) is 35.5 Å². The number of carbonyl (C=O) groups excluding carboxylic acids is 2. The van der Waals surface area contributed by atoms with Gasteiger partial charge in [-0.1, -0.05) is 43.5 Å². The van der Waals surface area contributed by atoms with Crippen LogP contribution in [0.3, 0.4) is 0 Å². The number of nitrogens with one attached hydrogen (secondary N) is 2. The molecule has 0 radical (unpaired) electrons. The fourth-order valence-electron chi connectivity index (χ4n) is 3.90. The molecule has 0 aliphatic heterocycles. The quantitative estimate of drug-likeness (QED) is 0.636. The first-order chi connectivity index (χ1) is 15.0. The molecule has 2 N–H and O–H groups in total. The first-order valence-electron chi connectivity index (χ1n) is 10.7. The number of hydrogen-bond donors (Lipinski definition) is 2. The molecule has 1 fully saturated rings. The molecule has 2 atom stereocenters. The molecule has 3 aromatic rings. The average Bonchev–Trinajstić information content (AvgIpc) is 3.22. The highest BCUT2D eigenvalue weighted by atomic mass is 19.1. The molecule has 0 bridgehead atoms. The number of rotatable bonds is 6. The molecule has 1 heterocycles. The van der Waals surface area contributed by atoms with Crippen molar-refractivity contribution in [2.75, 3.05) is 0 Å². The van der Waals surface area contributed by atoms with Crippen molar-refractivity contribution in [2.45, 2.75) is 57.2 Å². The van der Waals surface area contributed by atoms with Gasteiger partial charge in [0.1, 0.15) is 28.9 Å². The third kappa shape index (κ3) is 4.90. The molecular formula is C23H26FN5O2. The third-order valence-corrected chi connectivity index (χ3v) is 5.73. The molecular weight excluding hydrogens is 397 g/mol. The minimum atomic E-state index is -0.928. The summed E-state index contributed by atoms with van der Waals surface area (Å²) in [4.78, 5) is 27.4. The van der Waals surface area contributed by atoms with Crippen molar-refractivity contribution in [3.05, 3.63) is 59.9 Å². The molecule has 1 saturated carbocycles. The van der Waals surface area contributed by atoms with E-state index in [4.69, 9.17) is 0 Å². The summed E-state index contributed by atoms with van der Waals surface area (Å²) in [6.07, 6.45) is 5.18. The van der Waals surface area contributed by atoms with Crippen molar-refractivity contribution in [3.63, 3.8) is 0 Å². The number of hydrogen-bond acceptors (Lipinski definition) is 4. The molecule has 7 nitrogen and oxygen atoms in total. The molecule has 0 spiro atoms. The van der Waals surface area contributed by atoms with Gasteiger partial charge in [0.05, 0.1) is 0 Å². The zero-order valence-electron chi connectivity index (χ0n) is 17.4. The number of amides is 2. The number of fused-ring (bicyclic) bond motifs is 1. The summed E-state index contributed by atoms with van der Waals surface area (Å²) in [6.45, 7) is 1.68. The van der Waals surface area contributed by atoms with Gasteiger partial charge in [-0.15, -0.1) is 0 Å². The Hall–Kier alpha value is -3.29. The Kier molecular flexibility index (Phi) is 6.25. The zero-order chi connectivity index (χ0) is 21.8. The van der Waals surface area contributed by atoms with Crippen molar-refractivity contribution < 1.29 is 14.0 Å². The molecule has 2 aromatic carbocycles. The van der Waals surface area contributed by atoms with E-state index in [1.54, 1.807) is 6.92 Å². The molecule has 31 heavy (non-hydrogen) atoms. The molecule has 0 unspecified atom stereocenters. The van der Waals surface area contributed by atoms with Crippen LogP contribution in [0.5, 0.6) is 0 Å². The Balaban J connectivity index is 1.53. The van der Waals surface area contributed by atoms with E-state index < -0.39 is 23.8 Å². The summed E-state index contributed by atoms with van der Waals surface area (Å²) >= 11 is 0. The Morgan fingerprint density at radius 3 is 2.19 bits per heavy atom. The van der Waals surface area contributed by atoms with Crippen LogP contribution in [0.15, 0.2) is 48.5 Å². The first-order valence-corrected chi connectivity index (χ1v) is 10.7. The van der Waals surface area contributed by atoms with Gasteiger partial charge in [-0.2, -0.15) is 15.0 Å². The van der Waals surface area contributed by atoms with E-state index in [0.717, 1.165) is 25.7 Å². The van der Waals surface area contributed by atoms with Crippen LogP contribution in [0.1, 0.15) is 56.7 Å². The van der Waals surface area contributed by atoms with E-state index in [2.05, 4.69) is 20.8 Å². The summed E-state index contributed by atoms with van der Waals surface area (Å²) in [6, 6.07) is 11.4. The summed E-state index contributed by atoms with van der Waals surface area (Å²) < 4.78 is 13.4. The number of carbonyl (C=O) groups is 2. The zero-order valence-corrected chi connectivity index (χ0v) is 17.4. The number of halogens is 1. The smallest absolute Gasteiger partial charge is 0.247 e. The number of nitrogens with zero attached hydrogens (tertiary/aromatic N) is 3. The van der Waals surface area contributed by atoms with E-state index in [1.807, 2.05) is 24.3 Å². The SMILES string of the molecule is C[C@@H](C(=O)N[C@@H](C(=O)NC1CCCCC1)c1ccc(F)cc1)n1nc2ccccc2n1. The van der Waals surface area contributed by atoms with Gasteiger partial charge in [0.15, 0.2) is 0 Å². The lowest BCUT2D eigenvalue weighted by molar-refractivity contribution is -0.131. The largest absolute Gasteiger partial charge is 0.351 e. The van der Waals surface area contributed by atoms with Crippen LogP contribution >= 0.6 is 0 Å². The van der Waals surface area contributed by atoms with Crippen LogP contribution in [-0.2, 0) is 9.59 Å². The summed E-state index contributed by atoms with van der Waals surface area (Å²) in [7, 11) is 0. The Morgan fingerprint density at radius 2 is 1.58 bits per heavy atom. The maximum absolute atomic E-state index is 13.4. The molecule has 1 aliphatic rings. The first kappa shape index (κ1) is 21.0. The Morgan fingerprint density at radius 1 is 0.968 bits per heavy atom. The van der Waals surface area contributed by atoms with Crippen molar-refractivity contribution >= 4 is 22.8 Å². The van der Waals surface area contributed by atoms with Gasteiger partial charge in [0.25, 0.3) is 0 Å². The number of aromatic nitrogens is 3. The normalized spacial score (nSPS) is 16.6. The molecule has 4 rings (SSSR count). The predicted octanol–water partition coefficient (Wildman–Crippen LogP) is 3.44. The van der Waals surface area contributed by atoms with Crippen molar-refractivity contribution in [3.8, 4) is 0 Å². The maximum atomic E-state index is 13.4. The predicted molar refractivity (Wildman–Crippen MR) is 115 cm³/mol. The molecule has 8 heteroatoms. The molecule has 1 aliphatic carbocycles.